The second-order valence-corrected chi connectivity index (χ2v) is 3.92. The number of rotatable bonds is 3. The van der Waals surface area contributed by atoms with E-state index < -0.39 is 10.3 Å². The Morgan fingerprint density at radius 3 is 1.77 bits per heavy atom. The fourth-order valence-electron chi connectivity index (χ4n) is 0.702. The van der Waals surface area contributed by atoms with Gasteiger partial charge in [0.15, 0.2) is 0 Å². The van der Waals surface area contributed by atoms with Gasteiger partial charge in [-0.15, -0.1) is 0 Å². The van der Waals surface area contributed by atoms with Crippen LogP contribution in [0.1, 0.15) is 40.5 Å². The molecule has 3 nitrogen and oxygen atoms in total. The standard InChI is InChI=1S/C8H18NO2.BrH.Mg/c1-5-6-7-9(10,11)8(2,3)4;;/h5-7H2,1-4H3;1H;/q-1;;+2/p-1. The van der Waals surface area contributed by atoms with E-state index in [0.717, 1.165) is 6.42 Å². The molecule has 0 amide bonds. The van der Waals surface area contributed by atoms with Crippen LogP contribution in [-0.2, 0) is 0 Å². The van der Waals surface area contributed by atoms with E-state index in [9.17, 15) is 10.4 Å². The maximum absolute atomic E-state index is 11.3. The van der Waals surface area contributed by atoms with Crippen molar-refractivity contribution in [3.05, 3.63) is 10.4 Å². The van der Waals surface area contributed by atoms with Gasteiger partial charge in [-0.25, -0.2) is 0 Å². The Hall–Kier alpha value is 1.13. The van der Waals surface area contributed by atoms with Gasteiger partial charge < -0.3 is 32.2 Å². The smallest absolute Gasteiger partial charge is 1.00 e. The molecule has 5 heteroatoms. The Kier molecular flexibility index (Phi) is 11.2. The molecule has 0 heterocycles. The zero-order chi connectivity index (χ0) is 9.12. The molecule has 0 rings (SSSR count). The number of unbranched alkanes of at least 4 members (excludes halogenated alkanes) is 1. The minimum absolute atomic E-state index is 0. The largest absolute Gasteiger partial charge is 2.00 e. The number of quaternary nitrogens is 1. The number of nitrogens with zero attached hydrogens (tertiary/aromatic N) is 1. The van der Waals surface area contributed by atoms with Gasteiger partial charge in [-0.2, -0.15) is 0 Å². The SMILES string of the molecule is CCCC[N+]([O-])([O-])C(C)(C)C.[Br-].[Mg+2]. The van der Waals surface area contributed by atoms with Crippen molar-refractivity contribution >= 4 is 23.1 Å². The van der Waals surface area contributed by atoms with E-state index in [-0.39, 0.29) is 46.6 Å². The molecule has 0 radical (unpaired) electrons. The van der Waals surface area contributed by atoms with Crippen LogP contribution in [0.15, 0.2) is 0 Å². The number of hydroxylamine groups is 4. The van der Waals surface area contributed by atoms with Crippen molar-refractivity contribution in [2.75, 3.05) is 6.54 Å². The van der Waals surface area contributed by atoms with Gasteiger partial charge in [0.1, 0.15) is 0 Å². The van der Waals surface area contributed by atoms with Crippen LogP contribution in [0.3, 0.4) is 0 Å². The van der Waals surface area contributed by atoms with Crippen LogP contribution in [0.4, 0.5) is 0 Å². The van der Waals surface area contributed by atoms with E-state index in [0.29, 0.717) is 6.42 Å². The van der Waals surface area contributed by atoms with Crippen LogP contribution >= 0.6 is 0 Å². The fourth-order valence-corrected chi connectivity index (χ4v) is 0.702. The Balaban J connectivity index is -0.000000500. The van der Waals surface area contributed by atoms with Gasteiger partial charge >= 0.3 is 23.1 Å². The number of hydrogen-bond donors (Lipinski definition) is 0. The summed E-state index contributed by atoms with van der Waals surface area (Å²) in [6.45, 7) is 7.20. The van der Waals surface area contributed by atoms with Crippen LogP contribution in [0.25, 0.3) is 0 Å². The summed E-state index contributed by atoms with van der Waals surface area (Å²) in [5.41, 5.74) is -0.727. The third-order valence-corrected chi connectivity index (χ3v) is 1.83. The van der Waals surface area contributed by atoms with Gasteiger partial charge in [-0.05, 0) is 27.2 Å². The summed E-state index contributed by atoms with van der Waals surface area (Å²) in [6, 6.07) is 0. The van der Waals surface area contributed by atoms with Crippen molar-refractivity contribution in [2.45, 2.75) is 46.1 Å². The Labute approximate surface area is 108 Å². The maximum Gasteiger partial charge on any atom is 2.00 e. The first-order chi connectivity index (χ1) is 4.81. The van der Waals surface area contributed by atoms with Crippen molar-refractivity contribution in [1.29, 1.82) is 0 Å². The summed E-state index contributed by atoms with van der Waals surface area (Å²) in [7, 11) is 0. The van der Waals surface area contributed by atoms with E-state index in [1.54, 1.807) is 20.8 Å². The van der Waals surface area contributed by atoms with Gasteiger partial charge in [0.2, 0.25) is 0 Å². The van der Waals surface area contributed by atoms with E-state index >= 15 is 0 Å². The Bertz CT molecular complexity index is 126. The molecule has 0 aliphatic rings. The third kappa shape index (κ3) is 7.10. The van der Waals surface area contributed by atoms with Crippen molar-refractivity contribution < 1.29 is 21.8 Å². The summed E-state index contributed by atoms with van der Waals surface area (Å²) in [6.07, 6.45) is 1.62. The Morgan fingerprint density at radius 2 is 1.54 bits per heavy atom. The summed E-state index contributed by atoms with van der Waals surface area (Å²) in [5, 5.41) is 22.5. The molecule has 0 unspecified atom stereocenters. The minimum Gasteiger partial charge on any atom is -1.00 e. The van der Waals surface area contributed by atoms with Crippen molar-refractivity contribution in [2.24, 2.45) is 0 Å². The molecule has 0 N–H and O–H groups in total. The molecule has 0 aliphatic heterocycles. The van der Waals surface area contributed by atoms with Crippen molar-refractivity contribution in [1.82, 2.24) is 0 Å². The molecule has 0 saturated carbocycles. The van der Waals surface area contributed by atoms with Gasteiger partial charge in [-0.1, -0.05) is 13.3 Å². The molecule has 0 aromatic carbocycles. The Morgan fingerprint density at radius 1 is 1.15 bits per heavy atom. The number of halogens is 1. The van der Waals surface area contributed by atoms with Crippen LogP contribution in [0.2, 0.25) is 0 Å². The molecule has 0 spiro atoms. The molecular formula is C8H18BrMgNO2. The average Bonchev–Trinajstić information content (AvgIpc) is 1.81. The second kappa shape index (κ2) is 7.42. The molecule has 0 aromatic rings. The van der Waals surface area contributed by atoms with Gasteiger partial charge in [0.25, 0.3) is 0 Å². The molecular weight excluding hydrogens is 246 g/mol. The predicted octanol–water partition coefficient (Wildman–Crippen LogP) is -0.979. The minimum atomic E-state index is -1.37. The fraction of sp³-hybridized carbons (Fsp3) is 1.00. The van der Waals surface area contributed by atoms with E-state index in [1.165, 1.54) is 0 Å². The van der Waals surface area contributed by atoms with Crippen LogP contribution < -0.4 is 17.0 Å². The van der Waals surface area contributed by atoms with Crippen molar-refractivity contribution in [3.8, 4) is 0 Å². The monoisotopic (exact) mass is 263 g/mol. The van der Waals surface area contributed by atoms with Gasteiger partial charge in [0.05, 0.1) is 12.1 Å². The normalized spacial score (nSPS) is 11.5. The van der Waals surface area contributed by atoms with E-state index in [2.05, 4.69) is 0 Å². The summed E-state index contributed by atoms with van der Waals surface area (Å²) in [4.78, 5) is -1.37. The van der Waals surface area contributed by atoms with Crippen molar-refractivity contribution in [3.63, 3.8) is 0 Å². The molecule has 0 bridgehead atoms. The predicted molar refractivity (Wildman–Crippen MR) is 52.3 cm³/mol. The quantitative estimate of drug-likeness (QED) is 0.374. The molecule has 0 aliphatic carbocycles. The summed E-state index contributed by atoms with van der Waals surface area (Å²) >= 11 is 0. The maximum atomic E-state index is 11.3. The molecule has 0 fully saturated rings. The first-order valence-corrected chi connectivity index (χ1v) is 4.11. The number of hydrogen-bond acceptors (Lipinski definition) is 2. The molecule has 76 valence electrons. The van der Waals surface area contributed by atoms with Crippen LogP contribution in [0.5, 0.6) is 0 Å². The summed E-state index contributed by atoms with van der Waals surface area (Å²) < 4.78 is 0. The molecule has 0 saturated heterocycles. The first-order valence-electron chi connectivity index (χ1n) is 4.11. The van der Waals surface area contributed by atoms with Crippen LogP contribution in [0, 0.1) is 10.4 Å². The molecule has 13 heavy (non-hydrogen) atoms. The zero-order valence-electron chi connectivity index (χ0n) is 8.97. The van der Waals surface area contributed by atoms with E-state index in [4.69, 9.17) is 0 Å². The van der Waals surface area contributed by atoms with Gasteiger partial charge in [0, 0.05) is 0 Å². The second-order valence-electron chi connectivity index (χ2n) is 3.92. The van der Waals surface area contributed by atoms with Gasteiger partial charge in [-0.3, -0.25) is 0 Å². The summed E-state index contributed by atoms with van der Waals surface area (Å²) in [5.74, 6) is 0. The molecule has 0 aromatic heterocycles. The van der Waals surface area contributed by atoms with Crippen LogP contribution in [-0.4, -0.2) is 39.9 Å². The average molecular weight is 264 g/mol. The first kappa shape index (κ1) is 19.7. The third-order valence-electron chi connectivity index (χ3n) is 1.83. The zero-order valence-corrected chi connectivity index (χ0v) is 12.0. The topological polar surface area (TPSA) is 46.1 Å². The van der Waals surface area contributed by atoms with E-state index in [1.807, 2.05) is 6.92 Å². The molecule has 0 atom stereocenters.